The molecule has 0 amide bonds. The highest BCUT2D eigenvalue weighted by Crippen LogP contribution is 2.23. The van der Waals surface area contributed by atoms with Crippen molar-refractivity contribution in [3.05, 3.63) is 29.3 Å². The van der Waals surface area contributed by atoms with Crippen LogP contribution in [0.2, 0.25) is 0 Å². The molecule has 1 N–H and O–H groups in total. The van der Waals surface area contributed by atoms with Crippen molar-refractivity contribution >= 4 is 0 Å². The lowest BCUT2D eigenvalue weighted by atomic mass is 10.1. The Balaban J connectivity index is 1.93. The van der Waals surface area contributed by atoms with Crippen LogP contribution in [0.25, 0.3) is 0 Å². The van der Waals surface area contributed by atoms with Gasteiger partial charge in [0, 0.05) is 12.6 Å². The van der Waals surface area contributed by atoms with Crippen molar-refractivity contribution in [2.45, 2.75) is 45.3 Å². The zero-order chi connectivity index (χ0) is 13.7. The van der Waals surface area contributed by atoms with Gasteiger partial charge in [-0.1, -0.05) is 12.1 Å². The van der Waals surface area contributed by atoms with Gasteiger partial charge < -0.3 is 14.8 Å². The van der Waals surface area contributed by atoms with Crippen LogP contribution in [0.3, 0.4) is 0 Å². The molecule has 0 spiro atoms. The van der Waals surface area contributed by atoms with Crippen molar-refractivity contribution in [2.24, 2.45) is 0 Å². The lowest BCUT2D eigenvalue weighted by Gasteiger charge is -2.23. The van der Waals surface area contributed by atoms with E-state index < -0.39 is 0 Å². The van der Waals surface area contributed by atoms with Gasteiger partial charge in [-0.15, -0.1) is 0 Å². The summed E-state index contributed by atoms with van der Waals surface area (Å²) >= 11 is 0. The minimum Gasteiger partial charge on any atom is -0.491 e. The van der Waals surface area contributed by atoms with Crippen LogP contribution in [-0.2, 0) is 4.74 Å². The molecule has 1 aliphatic heterocycles. The molecule has 1 saturated heterocycles. The third kappa shape index (κ3) is 3.95. The van der Waals surface area contributed by atoms with Crippen LogP contribution in [0.1, 0.15) is 43.4 Å². The molecule has 1 fully saturated rings. The minimum absolute atomic E-state index is 0.268. The predicted molar refractivity (Wildman–Crippen MR) is 77.7 cm³/mol. The normalized spacial score (nSPS) is 21.1. The molecule has 106 valence electrons. The molecule has 0 saturated carbocycles. The topological polar surface area (TPSA) is 30.5 Å². The van der Waals surface area contributed by atoms with Gasteiger partial charge in [-0.3, -0.25) is 0 Å². The molecule has 0 bridgehead atoms. The van der Waals surface area contributed by atoms with Gasteiger partial charge in [0.15, 0.2) is 0 Å². The zero-order valence-corrected chi connectivity index (χ0v) is 12.2. The van der Waals surface area contributed by atoms with E-state index in [9.17, 15) is 0 Å². The van der Waals surface area contributed by atoms with Gasteiger partial charge in [0.1, 0.15) is 12.4 Å². The fourth-order valence-electron chi connectivity index (χ4n) is 2.39. The molecule has 1 heterocycles. The Bertz CT molecular complexity index is 400. The van der Waals surface area contributed by atoms with E-state index in [1.165, 1.54) is 24.0 Å². The molecule has 0 aromatic heterocycles. The number of aryl methyl sites for hydroxylation is 1. The number of rotatable bonds is 5. The SMILES string of the molecule is CNC(C)c1ccc(OCC2CCCCO2)c(C)c1. The number of benzene rings is 1. The van der Waals surface area contributed by atoms with Gasteiger partial charge in [-0.25, -0.2) is 0 Å². The molecule has 2 unspecified atom stereocenters. The van der Waals surface area contributed by atoms with Crippen molar-refractivity contribution in [3.63, 3.8) is 0 Å². The third-order valence-electron chi connectivity index (χ3n) is 3.83. The number of nitrogens with one attached hydrogen (secondary N) is 1. The summed E-state index contributed by atoms with van der Waals surface area (Å²) in [6.07, 6.45) is 3.83. The summed E-state index contributed by atoms with van der Waals surface area (Å²) in [7, 11) is 1.98. The lowest BCUT2D eigenvalue weighted by molar-refractivity contribution is -0.0111. The first-order chi connectivity index (χ1) is 9.20. The molecule has 2 atom stereocenters. The van der Waals surface area contributed by atoms with E-state index in [0.29, 0.717) is 12.6 Å². The maximum absolute atomic E-state index is 5.90. The van der Waals surface area contributed by atoms with Gasteiger partial charge in [-0.2, -0.15) is 0 Å². The monoisotopic (exact) mass is 263 g/mol. The van der Waals surface area contributed by atoms with Crippen molar-refractivity contribution in [2.75, 3.05) is 20.3 Å². The van der Waals surface area contributed by atoms with Gasteiger partial charge in [-0.05, 0) is 57.4 Å². The Kier molecular flexibility index (Phi) is 5.23. The van der Waals surface area contributed by atoms with E-state index in [4.69, 9.17) is 9.47 Å². The molecule has 19 heavy (non-hydrogen) atoms. The van der Waals surface area contributed by atoms with Crippen LogP contribution in [0.5, 0.6) is 5.75 Å². The van der Waals surface area contributed by atoms with Crippen LogP contribution < -0.4 is 10.1 Å². The van der Waals surface area contributed by atoms with Gasteiger partial charge in [0.25, 0.3) is 0 Å². The smallest absolute Gasteiger partial charge is 0.122 e. The van der Waals surface area contributed by atoms with Crippen LogP contribution >= 0.6 is 0 Å². The fraction of sp³-hybridized carbons (Fsp3) is 0.625. The van der Waals surface area contributed by atoms with Gasteiger partial charge >= 0.3 is 0 Å². The van der Waals surface area contributed by atoms with E-state index in [1.807, 2.05) is 7.05 Å². The summed E-state index contributed by atoms with van der Waals surface area (Å²) in [5.41, 5.74) is 2.48. The number of ether oxygens (including phenoxy) is 2. The summed E-state index contributed by atoms with van der Waals surface area (Å²) < 4.78 is 11.6. The van der Waals surface area contributed by atoms with Crippen LogP contribution in [0.4, 0.5) is 0 Å². The Morgan fingerprint density at radius 2 is 2.26 bits per heavy atom. The Hall–Kier alpha value is -1.06. The van der Waals surface area contributed by atoms with Crippen LogP contribution in [-0.4, -0.2) is 26.4 Å². The fourth-order valence-corrected chi connectivity index (χ4v) is 2.39. The van der Waals surface area contributed by atoms with Gasteiger partial charge in [0.2, 0.25) is 0 Å². The van der Waals surface area contributed by atoms with E-state index in [1.54, 1.807) is 0 Å². The highest BCUT2D eigenvalue weighted by molar-refractivity contribution is 5.37. The van der Waals surface area contributed by atoms with E-state index in [2.05, 4.69) is 37.4 Å². The van der Waals surface area contributed by atoms with E-state index in [-0.39, 0.29) is 6.10 Å². The molecule has 2 rings (SSSR count). The summed E-state index contributed by atoms with van der Waals surface area (Å²) in [4.78, 5) is 0. The van der Waals surface area contributed by atoms with E-state index in [0.717, 1.165) is 18.8 Å². The van der Waals surface area contributed by atoms with Crippen molar-refractivity contribution < 1.29 is 9.47 Å². The van der Waals surface area contributed by atoms with Gasteiger partial charge in [0.05, 0.1) is 6.10 Å². The standard InChI is InChI=1S/C16H25NO2/c1-12-10-14(13(2)17-3)7-8-16(12)19-11-15-6-4-5-9-18-15/h7-8,10,13,15,17H,4-6,9,11H2,1-3H3. The molecule has 1 aromatic carbocycles. The minimum atomic E-state index is 0.268. The quantitative estimate of drug-likeness (QED) is 0.884. The zero-order valence-electron chi connectivity index (χ0n) is 12.2. The summed E-state index contributed by atoms with van der Waals surface area (Å²) in [6.45, 7) is 5.81. The maximum Gasteiger partial charge on any atom is 0.122 e. The molecule has 0 radical (unpaired) electrons. The van der Waals surface area contributed by atoms with Crippen LogP contribution in [0.15, 0.2) is 18.2 Å². The third-order valence-corrected chi connectivity index (χ3v) is 3.83. The summed E-state index contributed by atoms with van der Waals surface area (Å²) in [5, 5.41) is 3.25. The average molecular weight is 263 g/mol. The molecule has 1 aromatic rings. The second-order valence-corrected chi connectivity index (χ2v) is 5.33. The van der Waals surface area contributed by atoms with E-state index >= 15 is 0 Å². The molecular formula is C16H25NO2. The maximum atomic E-state index is 5.90. The number of hydrogen-bond acceptors (Lipinski definition) is 3. The lowest BCUT2D eigenvalue weighted by Crippen LogP contribution is -2.26. The highest BCUT2D eigenvalue weighted by atomic mass is 16.5. The summed E-state index contributed by atoms with van der Waals surface area (Å²) in [5.74, 6) is 0.973. The molecule has 0 aliphatic carbocycles. The molecule has 1 aliphatic rings. The second kappa shape index (κ2) is 6.92. The first kappa shape index (κ1) is 14.4. The number of hydrogen-bond donors (Lipinski definition) is 1. The molecule has 3 nitrogen and oxygen atoms in total. The van der Waals surface area contributed by atoms with Crippen molar-refractivity contribution in [3.8, 4) is 5.75 Å². The highest BCUT2D eigenvalue weighted by Gasteiger charge is 2.15. The first-order valence-electron chi connectivity index (χ1n) is 7.23. The molecule has 3 heteroatoms. The van der Waals surface area contributed by atoms with Crippen molar-refractivity contribution in [1.29, 1.82) is 0 Å². The molecular weight excluding hydrogens is 238 g/mol. The Morgan fingerprint density at radius 1 is 1.42 bits per heavy atom. The summed E-state index contributed by atoms with van der Waals surface area (Å²) in [6, 6.07) is 6.76. The first-order valence-corrected chi connectivity index (χ1v) is 7.23. The Labute approximate surface area is 116 Å². The Morgan fingerprint density at radius 3 is 2.89 bits per heavy atom. The average Bonchev–Trinajstić information content (AvgIpc) is 2.46. The van der Waals surface area contributed by atoms with Crippen molar-refractivity contribution in [1.82, 2.24) is 5.32 Å². The predicted octanol–water partition coefficient (Wildman–Crippen LogP) is 3.22. The second-order valence-electron chi connectivity index (χ2n) is 5.33. The van der Waals surface area contributed by atoms with Crippen LogP contribution in [0, 0.1) is 6.92 Å². The largest absolute Gasteiger partial charge is 0.491 e.